The fourth-order valence-electron chi connectivity index (χ4n) is 2.46. The van der Waals surface area contributed by atoms with Gasteiger partial charge in [-0.1, -0.05) is 18.0 Å². The Morgan fingerprint density at radius 3 is 2.90 bits per heavy atom. The summed E-state index contributed by atoms with van der Waals surface area (Å²) in [7, 11) is 0. The Morgan fingerprint density at radius 1 is 1.35 bits per heavy atom. The average molecular weight is 290 g/mol. The van der Waals surface area contributed by atoms with Crippen LogP contribution in [0.5, 0.6) is 0 Å². The summed E-state index contributed by atoms with van der Waals surface area (Å²) in [6, 6.07) is 0. The maximum absolute atomic E-state index is 11.9. The Balaban J connectivity index is 1.74. The Hall–Kier alpha value is -1.08. The van der Waals surface area contributed by atoms with Gasteiger partial charge in [-0.2, -0.15) is 4.98 Å². The van der Waals surface area contributed by atoms with Gasteiger partial charge < -0.3 is 14.4 Å². The number of halogens is 2. The zero-order valence-electron chi connectivity index (χ0n) is 11.3. The number of aromatic nitrogens is 2. The number of ether oxygens (including phenoxy) is 1. The largest absolute Gasteiger partial charge is 0.393 e. The second kappa shape index (κ2) is 7.64. The second-order valence-corrected chi connectivity index (χ2v) is 5.14. The van der Waals surface area contributed by atoms with Gasteiger partial charge in [0.25, 0.3) is 6.43 Å². The van der Waals surface area contributed by atoms with Gasteiger partial charge in [-0.3, -0.25) is 0 Å². The van der Waals surface area contributed by atoms with Crippen molar-refractivity contribution in [3.05, 3.63) is 11.7 Å². The molecule has 1 N–H and O–H groups in total. The Kier molecular flexibility index (Phi) is 5.85. The molecule has 0 saturated heterocycles. The topological polar surface area (TPSA) is 68.4 Å². The molecule has 1 aliphatic rings. The third-order valence-electron chi connectivity index (χ3n) is 3.53. The number of rotatable bonds is 7. The monoisotopic (exact) mass is 290 g/mol. The summed E-state index contributed by atoms with van der Waals surface area (Å²) in [5.41, 5.74) is 0. The van der Waals surface area contributed by atoms with Crippen molar-refractivity contribution in [2.24, 2.45) is 5.92 Å². The van der Waals surface area contributed by atoms with Crippen LogP contribution < -0.4 is 0 Å². The molecule has 2 atom stereocenters. The lowest BCUT2D eigenvalue weighted by Crippen LogP contribution is -2.26. The third kappa shape index (κ3) is 4.79. The standard InChI is InChI=1S/C13H20F2N2O3/c14-11(15)8-19-6-5-12-16-13(20-17-12)7-9-3-1-2-4-10(9)18/h9-11,18H,1-8H2. The quantitative estimate of drug-likeness (QED) is 0.778. The van der Waals surface area contributed by atoms with Crippen molar-refractivity contribution >= 4 is 0 Å². The van der Waals surface area contributed by atoms with Gasteiger partial charge in [0, 0.05) is 12.8 Å². The maximum Gasteiger partial charge on any atom is 0.261 e. The molecular weight excluding hydrogens is 270 g/mol. The Labute approximate surface area is 116 Å². The molecule has 114 valence electrons. The lowest BCUT2D eigenvalue weighted by atomic mass is 9.84. The van der Waals surface area contributed by atoms with E-state index in [2.05, 4.69) is 10.1 Å². The van der Waals surface area contributed by atoms with E-state index in [1.807, 2.05) is 0 Å². The fourth-order valence-corrected chi connectivity index (χ4v) is 2.46. The molecule has 1 aliphatic carbocycles. The molecule has 0 amide bonds. The van der Waals surface area contributed by atoms with Crippen LogP contribution in [0.25, 0.3) is 0 Å². The number of hydrogen-bond donors (Lipinski definition) is 1. The summed E-state index contributed by atoms with van der Waals surface area (Å²) < 4.78 is 33.6. The van der Waals surface area contributed by atoms with Crippen LogP contribution in [0, 0.1) is 5.92 Å². The molecule has 1 aromatic rings. The van der Waals surface area contributed by atoms with Crippen LogP contribution in [0.4, 0.5) is 8.78 Å². The van der Waals surface area contributed by atoms with Crippen LogP contribution >= 0.6 is 0 Å². The number of aliphatic hydroxyl groups is 1. The van der Waals surface area contributed by atoms with Gasteiger partial charge in [-0.05, 0) is 18.8 Å². The summed E-state index contributed by atoms with van der Waals surface area (Å²) in [5.74, 6) is 1.13. The molecule has 0 radical (unpaired) electrons. The summed E-state index contributed by atoms with van der Waals surface area (Å²) in [6.07, 6.45) is 2.15. The number of hydrogen-bond acceptors (Lipinski definition) is 5. The summed E-state index contributed by atoms with van der Waals surface area (Å²) >= 11 is 0. The van der Waals surface area contributed by atoms with Crippen molar-refractivity contribution in [1.82, 2.24) is 10.1 Å². The van der Waals surface area contributed by atoms with E-state index in [4.69, 9.17) is 9.26 Å². The van der Waals surface area contributed by atoms with Crippen LogP contribution in [0.3, 0.4) is 0 Å². The zero-order chi connectivity index (χ0) is 14.4. The van der Waals surface area contributed by atoms with E-state index in [9.17, 15) is 13.9 Å². The predicted molar refractivity (Wildman–Crippen MR) is 66.5 cm³/mol. The lowest BCUT2D eigenvalue weighted by molar-refractivity contribution is 0.0182. The van der Waals surface area contributed by atoms with E-state index in [-0.39, 0.29) is 18.6 Å². The fraction of sp³-hybridized carbons (Fsp3) is 0.846. The molecule has 0 aliphatic heterocycles. The van der Waals surface area contributed by atoms with Crippen molar-refractivity contribution in [3.8, 4) is 0 Å². The minimum atomic E-state index is -2.45. The van der Waals surface area contributed by atoms with E-state index in [1.165, 1.54) is 0 Å². The highest BCUT2D eigenvalue weighted by Crippen LogP contribution is 2.26. The van der Waals surface area contributed by atoms with E-state index in [0.29, 0.717) is 24.6 Å². The first-order valence-electron chi connectivity index (χ1n) is 7.00. The van der Waals surface area contributed by atoms with Gasteiger partial charge in [0.15, 0.2) is 5.82 Å². The Bertz CT molecular complexity index is 401. The first-order valence-corrected chi connectivity index (χ1v) is 7.00. The first-order chi connectivity index (χ1) is 9.65. The number of nitrogens with zero attached hydrogens (tertiary/aromatic N) is 2. The van der Waals surface area contributed by atoms with Crippen LogP contribution in [0.15, 0.2) is 4.52 Å². The third-order valence-corrected chi connectivity index (χ3v) is 3.53. The zero-order valence-corrected chi connectivity index (χ0v) is 11.3. The van der Waals surface area contributed by atoms with Crippen LogP contribution in [-0.2, 0) is 17.6 Å². The molecule has 2 unspecified atom stereocenters. The van der Waals surface area contributed by atoms with Crippen molar-refractivity contribution in [1.29, 1.82) is 0 Å². The molecule has 0 spiro atoms. The summed E-state index contributed by atoms with van der Waals surface area (Å²) in [6.45, 7) is -0.422. The number of alkyl halides is 2. The highest BCUT2D eigenvalue weighted by Gasteiger charge is 2.25. The molecule has 1 saturated carbocycles. The van der Waals surface area contributed by atoms with Gasteiger partial charge in [-0.15, -0.1) is 0 Å². The van der Waals surface area contributed by atoms with Crippen molar-refractivity contribution in [2.75, 3.05) is 13.2 Å². The second-order valence-electron chi connectivity index (χ2n) is 5.14. The number of aliphatic hydroxyl groups excluding tert-OH is 1. The SMILES string of the molecule is OC1CCCCC1Cc1nc(CCOCC(F)F)no1. The van der Waals surface area contributed by atoms with Crippen molar-refractivity contribution in [2.45, 2.75) is 51.1 Å². The van der Waals surface area contributed by atoms with E-state index in [1.54, 1.807) is 0 Å². The molecule has 7 heteroatoms. The van der Waals surface area contributed by atoms with E-state index in [0.717, 1.165) is 25.7 Å². The summed E-state index contributed by atoms with van der Waals surface area (Å²) in [4.78, 5) is 4.20. The molecule has 0 aromatic carbocycles. The predicted octanol–water partition coefficient (Wildman–Crippen LogP) is 1.99. The summed E-state index contributed by atoms with van der Waals surface area (Å²) in [5, 5.41) is 13.7. The molecular formula is C13H20F2N2O3. The molecule has 2 rings (SSSR count). The van der Waals surface area contributed by atoms with Gasteiger partial charge in [0.1, 0.15) is 6.61 Å². The molecule has 20 heavy (non-hydrogen) atoms. The minimum absolute atomic E-state index is 0.148. The van der Waals surface area contributed by atoms with Gasteiger partial charge in [0.05, 0.1) is 12.7 Å². The highest BCUT2D eigenvalue weighted by molar-refractivity contribution is 4.90. The maximum atomic E-state index is 11.9. The van der Waals surface area contributed by atoms with Crippen LogP contribution in [-0.4, -0.2) is 41.0 Å². The highest BCUT2D eigenvalue weighted by atomic mass is 19.3. The van der Waals surface area contributed by atoms with Gasteiger partial charge >= 0.3 is 0 Å². The lowest BCUT2D eigenvalue weighted by Gasteiger charge is -2.26. The molecule has 5 nitrogen and oxygen atoms in total. The van der Waals surface area contributed by atoms with Crippen LogP contribution in [0.1, 0.15) is 37.4 Å². The molecule has 1 aromatic heterocycles. The van der Waals surface area contributed by atoms with Gasteiger partial charge in [0.2, 0.25) is 5.89 Å². The molecule has 1 heterocycles. The van der Waals surface area contributed by atoms with Crippen molar-refractivity contribution in [3.63, 3.8) is 0 Å². The van der Waals surface area contributed by atoms with Crippen molar-refractivity contribution < 1.29 is 23.1 Å². The van der Waals surface area contributed by atoms with Crippen LogP contribution in [0.2, 0.25) is 0 Å². The van der Waals surface area contributed by atoms with Gasteiger partial charge in [-0.25, -0.2) is 8.78 Å². The average Bonchev–Trinajstić information content (AvgIpc) is 2.85. The first kappa shape index (κ1) is 15.3. The minimum Gasteiger partial charge on any atom is -0.393 e. The van der Waals surface area contributed by atoms with E-state index < -0.39 is 13.0 Å². The van der Waals surface area contributed by atoms with E-state index >= 15 is 0 Å². The molecule has 1 fully saturated rings. The molecule has 0 bridgehead atoms. The smallest absolute Gasteiger partial charge is 0.261 e. The Morgan fingerprint density at radius 2 is 2.15 bits per heavy atom. The normalized spacial score (nSPS) is 23.4.